The zero-order valence-electron chi connectivity index (χ0n) is 9.59. The molecule has 0 aliphatic rings. The Kier molecular flexibility index (Phi) is 5.92. The molecule has 94 valence electrons. The van der Waals surface area contributed by atoms with E-state index in [-0.39, 0.29) is 13.2 Å². The number of alkyl halides is 2. The van der Waals surface area contributed by atoms with Crippen molar-refractivity contribution in [1.82, 2.24) is 0 Å². The monoisotopic (exact) mass is 238 g/mol. The average molecular weight is 238 g/mol. The largest absolute Gasteiger partial charge is 0.465 e. The molecule has 0 aromatic heterocycles. The molecule has 0 amide bonds. The first-order valence-electron chi connectivity index (χ1n) is 5.01. The second-order valence-corrected chi connectivity index (χ2v) is 3.37. The van der Waals surface area contributed by atoms with E-state index in [0.717, 1.165) is 6.92 Å². The van der Waals surface area contributed by atoms with Gasteiger partial charge in [0.1, 0.15) is 0 Å². The lowest BCUT2D eigenvalue weighted by molar-refractivity contribution is -0.173. The van der Waals surface area contributed by atoms with Crippen LogP contribution in [0.5, 0.6) is 0 Å². The van der Waals surface area contributed by atoms with Crippen LogP contribution in [0.4, 0.5) is 8.78 Å². The summed E-state index contributed by atoms with van der Waals surface area (Å²) in [6, 6.07) is 0. The predicted molar refractivity (Wildman–Crippen MR) is 52.0 cm³/mol. The minimum absolute atomic E-state index is 0.0249. The summed E-state index contributed by atoms with van der Waals surface area (Å²) < 4.78 is 33.8. The maximum Gasteiger partial charge on any atom is 0.323 e. The number of ether oxygens (including phenoxy) is 2. The third-order valence-electron chi connectivity index (χ3n) is 2.01. The van der Waals surface area contributed by atoms with Gasteiger partial charge in [-0.05, 0) is 20.8 Å². The van der Waals surface area contributed by atoms with Crippen molar-refractivity contribution in [3.63, 3.8) is 0 Å². The quantitative estimate of drug-likeness (QED) is 0.522. The first-order valence-corrected chi connectivity index (χ1v) is 5.01. The number of hydrogen-bond donors (Lipinski definition) is 0. The molecular formula is C10H16F2O4. The molecule has 0 heterocycles. The number of esters is 2. The predicted octanol–water partition coefficient (Wildman–Crippen LogP) is 1.77. The second-order valence-electron chi connectivity index (χ2n) is 3.37. The highest BCUT2D eigenvalue weighted by atomic mass is 19.3. The van der Waals surface area contributed by atoms with E-state index in [1.54, 1.807) is 0 Å². The lowest BCUT2D eigenvalue weighted by Crippen LogP contribution is -2.41. The van der Waals surface area contributed by atoms with Crippen LogP contribution in [0.1, 0.15) is 27.2 Å². The van der Waals surface area contributed by atoms with Gasteiger partial charge in [0.05, 0.1) is 13.2 Å². The topological polar surface area (TPSA) is 52.6 Å². The maximum absolute atomic E-state index is 12.3. The summed E-state index contributed by atoms with van der Waals surface area (Å²) in [4.78, 5) is 22.9. The first-order chi connectivity index (χ1) is 7.38. The van der Waals surface area contributed by atoms with E-state index < -0.39 is 30.2 Å². The van der Waals surface area contributed by atoms with Crippen LogP contribution in [0.2, 0.25) is 0 Å². The maximum atomic E-state index is 12.3. The van der Waals surface area contributed by atoms with Gasteiger partial charge in [0, 0.05) is 6.42 Å². The van der Waals surface area contributed by atoms with Crippen molar-refractivity contribution >= 4 is 11.9 Å². The molecule has 0 saturated heterocycles. The van der Waals surface area contributed by atoms with Gasteiger partial charge in [-0.25, -0.2) is 8.78 Å². The molecule has 0 spiro atoms. The smallest absolute Gasteiger partial charge is 0.323 e. The normalized spacial score (nSPS) is 11.4. The first kappa shape index (κ1) is 14.8. The number of carbonyl (C=O) groups is 2. The fraction of sp³-hybridized carbons (Fsp3) is 0.800. The van der Waals surface area contributed by atoms with Gasteiger partial charge in [-0.15, -0.1) is 0 Å². The van der Waals surface area contributed by atoms with Gasteiger partial charge in [0.15, 0.2) is 5.41 Å². The summed E-state index contributed by atoms with van der Waals surface area (Å²) in [5.41, 5.74) is -1.93. The third kappa shape index (κ3) is 3.75. The molecule has 6 heteroatoms. The summed E-state index contributed by atoms with van der Waals surface area (Å²) in [5, 5.41) is 0. The molecule has 16 heavy (non-hydrogen) atoms. The fourth-order valence-electron chi connectivity index (χ4n) is 1.14. The van der Waals surface area contributed by atoms with Crippen molar-refractivity contribution in [2.75, 3.05) is 13.2 Å². The van der Waals surface area contributed by atoms with Gasteiger partial charge in [-0.1, -0.05) is 0 Å². The highest BCUT2D eigenvalue weighted by Gasteiger charge is 2.46. The van der Waals surface area contributed by atoms with Gasteiger partial charge in [0.2, 0.25) is 6.43 Å². The van der Waals surface area contributed by atoms with E-state index in [1.165, 1.54) is 13.8 Å². The van der Waals surface area contributed by atoms with E-state index in [4.69, 9.17) is 0 Å². The molecule has 0 bridgehead atoms. The molecule has 0 N–H and O–H groups in total. The molecule has 0 aliphatic heterocycles. The van der Waals surface area contributed by atoms with E-state index >= 15 is 0 Å². The molecule has 0 radical (unpaired) electrons. The average Bonchev–Trinajstić information content (AvgIpc) is 2.17. The second kappa shape index (κ2) is 6.40. The van der Waals surface area contributed by atoms with Crippen LogP contribution in [-0.2, 0) is 19.1 Å². The van der Waals surface area contributed by atoms with Crippen LogP contribution in [-0.4, -0.2) is 31.6 Å². The van der Waals surface area contributed by atoms with Crippen LogP contribution in [0, 0.1) is 5.41 Å². The minimum atomic E-state index is -2.78. The third-order valence-corrected chi connectivity index (χ3v) is 2.01. The Hall–Kier alpha value is -1.20. The van der Waals surface area contributed by atoms with E-state index in [9.17, 15) is 18.4 Å². The fourth-order valence-corrected chi connectivity index (χ4v) is 1.14. The molecule has 0 aromatic rings. The summed E-state index contributed by atoms with van der Waals surface area (Å²) in [6.07, 6.45) is -3.68. The van der Waals surface area contributed by atoms with Crippen LogP contribution in [0.15, 0.2) is 0 Å². The van der Waals surface area contributed by atoms with Crippen molar-refractivity contribution in [1.29, 1.82) is 0 Å². The zero-order valence-corrected chi connectivity index (χ0v) is 9.59. The summed E-state index contributed by atoms with van der Waals surface area (Å²) in [7, 11) is 0. The highest BCUT2D eigenvalue weighted by molar-refractivity contribution is 5.99. The Bertz CT molecular complexity index is 235. The molecule has 0 rings (SSSR count). The SMILES string of the molecule is CCOC(=O)C(C)(CC(F)F)C(=O)OCC. The summed E-state index contributed by atoms with van der Waals surface area (Å²) in [6.45, 7) is 4.22. The standard InChI is InChI=1S/C10H16F2O4/c1-4-15-8(13)10(3,6-7(11)12)9(14)16-5-2/h7H,4-6H2,1-3H3. The Morgan fingerprint density at radius 2 is 1.50 bits per heavy atom. The van der Waals surface area contributed by atoms with Crippen molar-refractivity contribution < 1.29 is 27.8 Å². The lowest BCUT2D eigenvalue weighted by Gasteiger charge is -2.24. The van der Waals surface area contributed by atoms with Crippen LogP contribution in [0.25, 0.3) is 0 Å². The molecule has 4 nitrogen and oxygen atoms in total. The van der Waals surface area contributed by atoms with E-state index in [1.807, 2.05) is 0 Å². The van der Waals surface area contributed by atoms with Gasteiger partial charge < -0.3 is 9.47 Å². The lowest BCUT2D eigenvalue weighted by atomic mass is 9.87. The molecule has 0 aromatic carbocycles. The van der Waals surface area contributed by atoms with Crippen molar-refractivity contribution in [2.45, 2.75) is 33.6 Å². The number of halogens is 2. The molecule has 0 fully saturated rings. The van der Waals surface area contributed by atoms with Crippen LogP contribution < -0.4 is 0 Å². The Balaban J connectivity index is 4.86. The van der Waals surface area contributed by atoms with Crippen molar-refractivity contribution in [3.8, 4) is 0 Å². The number of hydrogen-bond acceptors (Lipinski definition) is 4. The van der Waals surface area contributed by atoms with Gasteiger partial charge in [-0.2, -0.15) is 0 Å². The molecule has 0 atom stereocenters. The summed E-state index contributed by atoms with van der Waals surface area (Å²) >= 11 is 0. The van der Waals surface area contributed by atoms with Gasteiger partial charge >= 0.3 is 11.9 Å². The molecule has 0 aliphatic carbocycles. The van der Waals surface area contributed by atoms with E-state index in [2.05, 4.69) is 9.47 Å². The van der Waals surface area contributed by atoms with E-state index in [0.29, 0.717) is 0 Å². The molecule has 0 unspecified atom stereocenters. The van der Waals surface area contributed by atoms with Crippen molar-refractivity contribution in [2.24, 2.45) is 5.41 Å². The molecular weight excluding hydrogens is 222 g/mol. The van der Waals surface area contributed by atoms with Crippen molar-refractivity contribution in [3.05, 3.63) is 0 Å². The van der Waals surface area contributed by atoms with Gasteiger partial charge in [0.25, 0.3) is 0 Å². The Morgan fingerprint density at radius 1 is 1.12 bits per heavy atom. The minimum Gasteiger partial charge on any atom is -0.465 e. The van der Waals surface area contributed by atoms with Crippen LogP contribution in [0.3, 0.4) is 0 Å². The van der Waals surface area contributed by atoms with Crippen LogP contribution >= 0.6 is 0 Å². The number of rotatable bonds is 6. The number of carbonyl (C=O) groups excluding carboxylic acids is 2. The Labute approximate surface area is 92.9 Å². The summed E-state index contributed by atoms with van der Waals surface area (Å²) in [5.74, 6) is -1.96. The zero-order chi connectivity index (χ0) is 12.8. The molecule has 0 saturated carbocycles. The Morgan fingerprint density at radius 3 is 1.75 bits per heavy atom. The highest BCUT2D eigenvalue weighted by Crippen LogP contribution is 2.28. The van der Waals surface area contributed by atoms with Gasteiger partial charge in [-0.3, -0.25) is 9.59 Å².